The Balaban J connectivity index is 2.18. The Morgan fingerprint density at radius 1 is 0.944 bits per heavy atom. The van der Waals surface area contributed by atoms with Crippen molar-refractivity contribution in [2.75, 3.05) is 0 Å². The number of thiophene rings is 1. The monoisotopic (exact) mass is 258 g/mol. The molecule has 3 aromatic rings. The second-order valence-electron chi connectivity index (χ2n) is 4.15. The molecule has 0 bridgehead atoms. The lowest BCUT2D eigenvalue weighted by molar-refractivity contribution is 0.217. The average Bonchev–Trinajstić information content (AvgIpc) is 2.83. The predicted molar refractivity (Wildman–Crippen MR) is 72.3 cm³/mol. The number of benzene rings is 2. The lowest BCUT2D eigenvalue weighted by Crippen LogP contribution is -2.01. The molecule has 1 atom stereocenters. The van der Waals surface area contributed by atoms with Gasteiger partial charge in [0, 0.05) is 10.9 Å². The Morgan fingerprint density at radius 2 is 1.72 bits per heavy atom. The van der Waals surface area contributed by atoms with Crippen LogP contribution >= 0.6 is 11.3 Å². The second-order valence-corrected chi connectivity index (χ2v) is 4.89. The van der Waals surface area contributed by atoms with Crippen molar-refractivity contribution in [2.45, 2.75) is 6.10 Å². The molecule has 1 heterocycles. The maximum atomic E-state index is 13.5. The summed E-state index contributed by atoms with van der Waals surface area (Å²) in [7, 11) is 0. The van der Waals surface area contributed by atoms with Crippen molar-refractivity contribution in [3.8, 4) is 0 Å². The molecule has 0 fully saturated rings. The van der Waals surface area contributed by atoms with Crippen molar-refractivity contribution in [3.63, 3.8) is 0 Å². The summed E-state index contributed by atoms with van der Waals surface area (Å²) in [6.07, 6.45) is -0.914. The number of aliphatic hydroxyl groups excluding tert-OH is 1. The molecule has 0 aliphatic carbocycles. The first-order valence-electron chi connectivity index (χ1n) is 5.64. The molecule has 0 saturated carbocycles. The van der Waals surface area contributed by atoms with Crippen molar-refractivity contribution in [1.82, 2.24) is 0 Å². The van der Waals surface area contributed by atoms with Crippen LogP contribution in [0.25, 0.3) is 10.8 Å². The van der Waals surface area contributed by atoms with E-state index in [9.17, 15) is 9.50 Å². The third-order valence-electron chi connectivity index (χ3n) is 3.05. The van der Waals surface area contributed by atoms with Crippen LogP contribution in [0, 0.1) is 5.82 Å². The zero-order chi connectivity index (χ0) is 12.5. The van der Waals surface area contributed by atoms with E-state index in [2.05, 4.69) is 0 Å². The largest absolute Gasteiger partial charge is 0.383 e. The molecule has 3 rings (SSSR count). The van der Waals surface area contributed by atoms with E-state index in [0.29, 0.717) is 5.56 Å². The van der Waals surface area contributed by atoms with Crippen molar-refractivity contribution < 1.29 is 9.50 Å². The summed E-state index contributed by atoms with van der Waals surface area (Å²) in [6.45, 7) is 0. The first-order valence-corrected chi connectivity index (χ1v) is 6.59. The number of hydrogen-bond acceptors (Lipinski definition) is 2. The van der Waals surface area contributed by atoms with Gasteiger partial charge in [0.2, 0.25) is 0 Å². The number of halogens is 1. The minimum atomic E-state index is -0.914. The predicted octanol–water partition coefficient (Wildman–Crippen LogP) is 4.12. The Hall–Kier alpha value is -1.71. The first-order chi connectivity index (χ1) is 8.77. The van der Waals surface area contributed by atoms with Crippen molar-refractivity contribution in [3.05, 3.63) is 70.2 Å². The highest BCUT2D eigenvalue weighted by Gasteiger charge is 2.17. The quantitative estimate of drug-likeness (QED) is 0.733. The molecule has 90 valence electrons. The van der Waals surface area contributed by atoms with Gasteiger partial charge in [-0.15, -0.1) is 11.3 Å². The Morgan fingerprint density at radius 3 is 2.50 bits per heavy atom. The maximum absolute atomic E-state index is 13.5. The van der Waals surface area contributed by atoms with Crippen LogP contribution in [0.15, 0.2) is 53.2 Å². The minimum absolute atomic E-state index is 0.344. The van der Waals surface area contributed by atoms with Gasteiger partial charge in [-0.05, 0) is 21.7 Å². The maximum Gasteiger partial charge on any atom is 0.140 e. The highest BCUT2D eigenvalue weighted by molar-refractivity contribution is 7.08. The van der Waals surface area contributed by atoms with Gasteiger partial charge in [0.25, 0.3) is 0 Å². The van der Waals surface area contributed by atoms with E-state index < -0.39 is 6.10 Å². The third-order valence-corrected chi connectivity index (χ3v) is 3.79. The summed E-state index contributed by atoms with van der Waals surface area (Å²) >= 11 is 1.26. The standard InChI is InChI=1S/C15H11FOS/c16-14-9-18-8-13(14)15(17)12-7-3-5-10-4-1-2-6-11(10)12/h1-9,15,17H. The molecule has 0 amide bonds. The van der Waals surface area contributed by atoms with Gasteiger partial charge in [-0.2, -0.15) is 0 Å². The summed E-state index contributed by atoms with van der Waals surface area (Å²) in [4.78, 5) is 0. The fraction of sp³-hybridized carbons (Fsp3) is 0.0667. The van der Waals surface area contributed by atoms with Crippen LogP contribution in [0.2, 0.25) is 0 Å². The topological polar surface area (TPSA) is 20.2 Å². The molecule has 3 heteroatoms. The molecule has 0 aliphatic heterocycles. The van der Waals surface area contributed by atoms with Gasteiger partial charge < -0.3 is 5.11 Å². The van der Waals surface area contributed by atoms with Gasteiger partial charge in [-0.3, -0.25) is 0 Å². The molecule has 18 heavy (non-hydrogen) atoms. The fourth-order valence-corrected chi connectivity index (χ4v) is 2.85. The van der Waals surface area contributed by atoms with E-state index in [-0.39, 0.29) is 5.82 Å². The molecule has 1 aromatic heterocycles. The van der Waals surface area contributed by atoms with Crippen LogP contribution in [0.1, 0.15) is 17.2 Å². The van der Waals surface area contributed by atoms with Crippen LogP contribution in [-0.4, -0.2) is 5.11 Å². The molecule has 2 aromatic carbocycles. The molecular formula is C15H11FOS. The molecule has 0 radical (unpaired) electrons. The summed E-state index contributed by atoms with van der Waals surface area (Å²) in [5, 5.41) is 15.4. The number of fused-ring (bicyclic) bond motifs is 1. The van der Waals surface area contributed by atoms with E-state index >= 15 is 0 Å². The summed E-state index contributed by atoms with van der Waals surface area (Å²) in [5.74, 6) is -0.347. The molecular weight excluding hydrogens is 247 g/mol. The zero-order valence-corrected chi connectivity index (χ0v) is 10.3. The zero-order valence-electron chi connectivity index (χ0n) is 9.51. The summed E-state index contributed by atoms with van der Waals surface area (Å²) < 4.78 is 13.5. The van der Waals surface area contributed by atoms with Crippen molar-refractivity contribution in [1.29, 1.82) is 0 Å². The Labute approximate surface area is 108 Å². The van der Waals surface area contributed by atoms with Crippen LogP contribution < -0.4 is 0 Å². The van der Waals surface area contributed by atoms with E-state index in [1.54, 1.807) is 5.38 Å². The highest BCUT2D eigenvalue weighted by atomic mass is 32.1. The van der Waals surface area contributed by atoms with Crippen LogP contribution in [0.3, 0.4) is 0 Å². The Bertz CT molecular complexity index is 684. The normalized spacial score (nSPS) is 12.8. The van der Waals surface area contributed by atoms with E-state index in [1.165, 1.54) is 16.7 Å². The van der Waals surface area contributed by atoms with Gasteiger partial charge in [0.1, 0.15) is 11.9 Å². The fourth-order valence-electron chi connectivity index (χ4n) is 2.14. The summed E-state index contributed by atoms with van der Waals surface area (Å²) in [5.41, 5.74) is 1.08. The van der Waals surface area contributed by atoms with Crippen LogP contribution in [-0.2, 0) is 0 Å². The smallest absolute Gasteiger partial charge is 0.140 e. The highest BCUT2D eigenvalue weighted by Crippen LogP contribution is 2.31. The average molecular weight is 258 g/mol. The van der Waals surface area contributed by atoms with E-state index in [0.717, 1.165) is 16.3 Å². The molecule has 1 unspecified atom stereocenters. The van der Waals surface area contributed by atoms with E-state index in [4.69, 9.17) is 0 Å². The lowest BCUT2D eigenvalue weighted by atomic mass is 9.97. The second kappa shape index (κ2) is 4.52. The van der Waals surface area contributed by atoms with Gasteiger partial charge in [0.05, 0.1) is 0 Å². The molecule has 0 spiro atoms. The molecule has 1 nitrogen and oxygen atoms in total. The molecule has 0 aliphatic rings. The van der Waals surface area contributed by atoms with Gasteiger partial charge in [0.15, 0.2) is 0 Å². The van der Waals surface area contributed by atoms with Crippen molar-refractivity contribution in [2.24, 2.45) is 0 Å². The van der Waals surface area contributed by atoms with E-state index in [1.807, 2.05) is 42.5 Å². The number of aliphatic hydroxyl groups is 1. The number of hydrogen-bond donors (Lipinski definition) is 1. The number of rotatable bonds is 2. The van der Waals surface area contributed by atoms with Gasteiger partial charge in [-0.25, -0.2) is 4.39 Å². The summed E-state index contributed by atoms with van der Waals surface area (Å²) in [6, 6.07) is 13.5. The third kappa shape index (κ3) is 1.82. The Kier molecular flexibility index (Phi) is 2.86. The van der Waals surface area contributed by atoms with Crippen LogP contribution in [0.5, 0.6) is 0 Å². The SMILES string of the molecule is OC(c1cscc1F)c1cccc2ccccc12. The first kappa shape index (κ1) is 11.4. The molecule has 1 N–H and O–H groups in total. The minimum Gasteiger partial charge on any atom is -0.383 e. The van der Waals surface area contributed by atoms with Crippen molar-refractivity contribution >= 4 is 22.1 Å². The van der Waals surface area contributed by atoms with Gasteiger partial charge >= 0.3 is 0 Å². The van der Waals surface area contributed by atoms with Crippen LogP contribution in [0.4, 0.5) is 4.39 Å². The molecule has 0 saturated heterocycles. The lowest BCUT2D eigenvalue weighted by Gasteiger charge is -2.12. The van der Waals surface area contributed by atoms with Gasteiger partial charge in [-0.1, -0.05) is 42.5 Å².